The van der Waals surface area contributed by atoms with Gasteiger partial charge in [-0.3, -0.25) is 9.59 Å². The number of halogens is 3. The molecule has 0 saturated carbocycles. The summed E-state index contributed by atoms with van der Waals surface area (Å²) in [7, 11) is 3.25. The van der Waals surface area contributed by atoms with Crippen LogP contribution in [0.2, 0.25) is 0 Å². The number of hydrogen-bond acceptors (Lipinski definition) is 8. The summed E-state index contributed by atoms with van der Waals surface area (Å²) in [4.78, 5) is 22.1. The summed E-state index contributed by atoms with van der Waals surface area (Å²) in [5.41, 5.74) is 3.36. The second-order valence-corrected chi connectivity index (χ2v) is 12.0. The Morgan fingerprint density at radius 1 is 0.644 bits per heavy atom. The molecular formula is C32H25Br3N4O6. The number of esters is 2. The molecule has 6 aromatic rings. The van der Waals surface area contributed by atoms with E-state index in [1.54, 1.807) is 47.8 Å². The van der Waals surface area contributed by atoms with Crippen molar-refractivity contribution in [3.8, 4) is 34.4 Å². The van der Waals surface area contributed by atoms with Crippen LogP contribution < -0.4 is 18.9 Å². The fraction of sp³-hybridized carbons (Fsp3) is 0.125. The van der Waals surface area contributed by atoms with Crippen LogP contribution in [0.1, 0.15) is 13.8 Å². The van der Waals surface area contributed by atoms with Crippen molar-refractivity contribution in [1.29, 1.82) is 0 Å². The largest absolute Gasteiger partial charge is 0.497 e. The molecule has 0 aliphatic heterocycles. The second-order valence-electron chi connectivity index (χ2n) is 9.50. The van der Waals surface area contributed by atoms with Gasteiger partial charge in [-0.25, -0.2) is 9.36 Å². The molecule has 10 nitrogen and oxygen atoms in total. The van der Waals surface area contributed by atoms with Gasteiger partial charge in [0.2, 0.25) is 0 Å². The molecule has 0 bridgehead atoms. The third-order valence-corrected chi connectivity index (χ3v) is 8.40. The molecule has 0 aliphatic carbocycles. The highest BCUT2D eigenvalue weighted by Gasteiger charge is 2.15. The zero-order valence-corrected chi connectivity index (χ0v) is 29.1. The van der Waals surface area contributed by atoms with Gasteiger partial charge in [-0.1, -0.05) is 0 Å². The van der Waals surface area contributed by atoms with E-state index in [2.05, 4.69) is 58.0 Å². The maximum atomic E-state index is 11.1. The average Bonchev–Trinajstić information content (AvgIpc) is 3.57. The van der Waals surface area contributed by atoms with Gasteiger partial charge in [0.05, 0.1) is 36.6 Å². The molecule has 6 rings (SSSR count). The van der Waals surface area contributed by atoms with Gasteiger partial charge >= 0.3 is 11.9 Å². The van der Waals surface area contributed by atoms with Crippen LogP contribution in [0.15, 0.2) is 92.5 Å². The lowest BCUT2D eigenvalue weighted by Crippen LogP contribution is -2.00. The number of ether oxygens (including phenoxy) is 4. The maximum absolute atomic E-state index is 11.1. The molecule has 0 saturated heterocycles. The van der Waals surface area contributed by atoms with Crippen molar-refractivity contribution in [2.24, 2.45) is 0 Å². The van der Waals surface area contributed by atoms with Crippen LogP contribution in [0.5, 0.6) is 23.0 Å². The van der Waals surface area contributed by atoms with Crippen molar-refractivity contribution in [3.05, 3.63) is 92.5 Å². The van der Waals surface area contributed by atoms with E-state index in [0.29, 0.717) is 11.5 Å². The molecule has 2 aromatic heterocycles. The van der Waals surface area contributed by atoms with E-state index in [-0.39, 0.29) is 11.9 Å². The lowest BCUT2D eigenvalue weighted by atomic mass is 10.2. The van der Waals surface area contributed by atoms with Crippen molar-refractivity contribution in [2.75, 3.05) is 14.2 Å². The molecule has 230 valence electrons. The van der Waals surface area contributed by atoms with E-state index >= 15 is 0 Å². The molecule has 0 fully saturated rings. The summed E-state index contributed by atoms with van der Waals surface area (Å²) in [6, 6.07) is 22.0. The number of carbonyl (C=O) groups is 2. The maximum Gasteiger partial charge on any atom is 0.308 e. The fourth-order valence-electron chi connectivity index (χ4n) is 4.37. The van der Waals surface area contributed by atoms with Crippen LogP contribution in [0.4, 0.5) is 0 Å². The highest BCUT2D eigenvalue weighted by molar-refractivity contribution is 9.11. The number of methoxy groups -OCH3 is 2. The molecule has 0 atom stereocenters. The molecule has 0 amide bonds. The number of nitrogens with zero attached hydrogens (tertiary/aromatic N) is 4. The van der Waals surface area contributed by atoms with Crippen LogP contribution >= 0.6 is 47.8 Å². The number of benzene rings is 4. The topological polar surface area (TPSA) is 107 Å². The van der Waals surface area contributed by atoms with Gasteiger partial charge in [-0.15, -0.1) is 0 Å². The van der Waals surface area contributed by atoms with Gasteiger partial charge in [0, 0.05) is 39.8 Å². The highest BCUT2D eigenvalue weighted by Crippen LogP contribution is 2.34. The Morgan fingerprint density at radius 2 is 1.18 bits per heavy atom. The standard InChI is InChI=1S/C16H12Br2N2O3.C16H13BrN2O3/c1-9(21)23-11-3-5-14-12(7-11)16(18)20(19-14)15-6-4-10(22-2)8-13(15)17;1-10(20)22-13-3-5-15-11(7-13)9-19(18-15)16-6-4-12(21-2)8-14(16)17/h3-8H,1-2H3;3-9H,1-2H3. The van der Waals surface area contributed by atoms with Gasteiger partial charge < -0.3 is 18.9 Å². The summed E-state index contributed by atoms with van der Waals surface area (Å²) in [5, 5.41) is 10.8. The lowest BCUT2D eigenvalue weighted by Gasteiger charge is -2.08. The van der Waals surface area contributed by atoms with E-state index in [4.69, 9.17) is 18.9 Å². The first-order valence-electron chi connectivity index (χ1n) is 13.3. The van der Waals surface area contributed by atoms with E-state index in [9.17, 15) is 9.59 Å². The molecule has 0 radical (unpaired) electrons. The predicted molar refractivity (Wildman–Crippen MR) is 181 cm³/mol. The minimum Gasteiger partial charge on any atom is -0.497 e. The molecule has 0 unspecified atom stereocenters. The number of aromatic nitrogens is 4. The molecule has 0 spiro atoms. The molecule has 13 heteroatoms. The molecule has 4 aromatic carbocycles. The van der Waals surface area contributed by atoms with Crippen LogP contribution in [0, 0.1) is 0 Å². The number of hydrogen-bond donors (Lipinski definition) is 0. The third-order valence-electron chi connectivity index (χ3n) is 6.37. The van der Waals surface area contributed by atoms with E-state index in [1.165, 1.54) is 13.8 Å². The first kappa shape index (κ1) is 32.2. The smallest absolute Gasteiger partial charge is 0.308 e. The Morgan fingerprint density at radius 3 is 1.73 bits per heavy atom. The number of rotatable bonds is 6. The van der Waals surface area contributed by atoms with Gasteiger partial charge in [0.15, 0.2) is 0 Å². The highest BCUT2D eigenvalue weighted by atomic mass is 79.9. The van der Waals surface area contributed by atoms with Crippen LogP contribution in [0.3, 0.4) is 0 Å². The van der Waals surface area contributed by atoms with E-state index in [1.807, 2.05) is 54.7 Å². The molecule has 0 N–H and O–H groups in total. The second kappa shape index (κ2) is 13.8. The predicted octanol–water partition coefficient (Wildman–Crippen LogP) is 8.21. The summed E-state index contributed by atoms with van der Waals surface area (Å²) >= 11 is 10.6. The summed E-state index contributed by atoms with van der Waals surface area (Å²) < 4.78 is 26.6. The Labute approximate surface area is 283 Å². The average molecular weight is 801 g/mol. The van der Waals surface area contributed by atoms with Crippen LogP contribution in [-0.2, 0) is 9.59 Å². The Bertz CT molecular complexity index is 2060. The Balaban J connectivity index is 0.000000178. The van der Waals surface area contributed by atoms with Crippen molar-refractivity contribution in [1.82, 2.24) is 19.6 Å². The molecule has 45 heavy (non-hydrogen) atoms. The van der Waals surface area contributed by atoms with E-state index in [0.717, 1.165) is 58.2 Å². The zero-order chi connectivity index (χ0) is 32.2. The first-order chi connectivity index (χ1) is 21.6. The SMILES string of the molecule is COc1ccc(-n2cc3cc(OC(C)=O)ccc3n2)c(Br)c1.COc1ccc(-n2nc3ccc(OC(C)=O)cc3c2Br)c(Br)c1. The molecule has 2 heterocycles. The summed E-state index contributed by atoms with van der Waals surface area (Å²) in [5.74, 6) is 1.82. The quantitative estimate of drug-likeness (QED) is 0.123. The van der Waals surface area contributed by atoms with Crippen molar-refractivity contribution in [3.63, 3.8) is 0 Å². The molecule has 0 aliphatic rings. The Kier molecular flexibility index (Phi) is 9.90. The summed E-state index contributed by atoms with van der Waals surface area (Å²) in [6.07, 6.45) is 1.88. The summed E-state index contributed by atoms with van der Waals surface area (Å²) in [6.45, 7) is 2.75. The minimum atomic E-state index is -0.356. The van der Waals surface area contributed by atoms with Crippen molar-refractivity contribution < 1.29 is 28.5 Å². The fourth-order valence-corrected chi connectivity index (χ4v) is 6.02. The zero-order valence-electron chi connectivity index (χ0n) is 24.4. The third kappa shape index (κ3) is 7.38. The monoisotopic (exact) mass is 798 g/mol. The van der Waals surface area contributed by atoms with Crippen LogP contribution in [-0.4, -0.2) is 45.7 Å². The first-order valence-corrected chi connectivity index (χ1v) is 15.7. The van der Waals surface area contributed by atoms with Gasteiger partial charge in [0.1, 0.15) is 27.6 Å². The van der Waals surface area contributed by atoms with Crippen molar-refractivity contribution >= 4 is 81.5 Å². The van der Waals surface area contributed by atoms with Gasteiger partial charge in [-0.2, -0.15) is 10.2 Å². The molecular weight excluding hydrogens is 776 g/mol. The normalized spacial score (nSPS) is 10.7. The van der Waals surface area contributed by atoms with Crippen molar-refractivity contribution in [2.45, 2.75) is 13.8 Å². The number of fused-ring (bicyclic) bond motifs is 2. The minimum absolute atomic E-state index is 0.343. The Hall–Kier alpha value is -4.20. The lowest BCUT2D eigenvalue weighted by molar-refractivity contribution is -0.132. The van der Waals surface area contributed by atoms with Crippen LogP contribution in [0.25, 0.3) is 33.2 Å². The van der Waals surface area contributed by atoms with Gasteiger partial charge in [-0.05, 0) is 121 Å². The van der Waals surface area contributed by atoms with E-state index < -0.39 is 0 Å². The van der Waals surface area contributed by atoms with Gasteiger partial charge in [0.25, 0.3) is 0 Å². The number of carbonyl (C=O) groups excluding carboxylic acids is 2.